The number of carboxylic acids is 1. The van der Waals surface area contributed by atoms with Crippen molar-refractivity contribution in [2.45, 2.75) is 19.3 Å². The third-order valence-corrected chi connectivity index (χ3v) is 2.76. The third-order valence-electron chi connectivity index (χ3n) is 2.76. The van der Waals surface area contributed by atoms with E-state index in [4.69, 9.17) is 14.6 Å². The molecule has 21 heavy (non-hydrogen) atoms. The van der Waals surface area contributed by atoms with E-state index in [1.54, 1.807) is 18.2 Å². The molecule has 0 heterocycles. The first-order chi connectivity index (χ1) is 10.1. The topological polar surface area (TPSA) is 96.9 Å². The highest BCUT2D eigenvalue weighted by atomic mass is 16.5. The van der Waals surface area contributed by atoms with Crippen LogP contribution in [0.4, 0.5) is 10.5 Å². The summed E-state index contributed by atoms with van der Waals surface area (Å²) in [6.07, 6.45) is 1.24. The van der Waals surface area contributed by atoms with Crippen molar-refractivity contribution in [2.75, 3.05) is 26.1 Å². The van der Waals surface area contributed by atoms with Gasteiger partial charge in [-0.15, -0.1) is 0 Å². The Bertz CT molecular complexity index is 490. The Balaban J connectivity index is 2.45. The fraction of sp³-hybridized carbons (Fsp3) is 0.429. The molecule has 2 amide bonds. The highest BCUT2D eigenvalue weighted by molar-refractivity contribution is 5.91. The van der Waals surface area contributed by atoms with Gasteiger partial charge in [-0.3, -0.25) is 4.79 Å². The molecule has 3 N–H and O–H groups in total. The molecule has 1 rings (SSSR count). The zero-order valence-corrected chi connectivity index (χ0v) is 12.1. The predicted molar refractivity (Wildman–Crippen MR) is 78.1 cm³/mol. The number of urea groups is 1. The Morgan fingerprint density at radius 1 is 1.19 bits per heavy atom. The maximum absolute atomic E-state index is 11.7. The number of benzene rings is 1. The van der Waals surface area contributed by atoms with Crippen molar-refractivity contribution in [1.29, 1.82) is 0 Å². The van der Waals surface area contributed by atoms with Crippen LogP contribution < -0.4 is 20.1 Å². The smallest absolute Gasteiger partial charge is 0.319 e. The van der Waals surface area contributed by atoms with Crippen LogP contribution in [-0.4, -0.2) is 37.9 Å². The molecule has 7 nitrogen and oxygen atoms in total. The molecule has 0 saturated heterocycles. The first-order valence-corrected chi connectivity index (χ1v) is 6.55. The first-order valence-electron chi connectivity index (χ1n) is 6.55. The molecule has 0 aromatic heterocycles. The van der Waals surface area contributed by atoms with Crippen LogP contribution >= 0.6 is 0 Å². The zero-order valence-electron chi connectivity index (χ0n) is 12.1. The average molecular weight is 296 g/mol. The molecule has 0 aliphatic carbocycles. The Morgan fingerprint density at radius 3 is 2.57 bits per heavy atom. The molecule has 116 valence electrons. The van der Waals surface area contributed by atoms with E-state index in [1.165, 1.54) is 14.2 Å². The van der Waals surface area contributed by atoms with Crippen LogP contribution in [0.5, 0.6) is 11.5 Å². The fourth-order valence-electron chi connectivity index (χ4n) is 1.68. The number of carboxylic acid groups (broad SMARTS) is 1. The molecule has 0 aliphatic rings. The maximum Gasteiger partial charge on any atom is 0.319 e. The van der Waals surface area contributed by atoms with Crippen molar-refractivity contribution < 1.29 is 24.2 Å². The first kappa shape index (κ1) is 16.6. The maximum atomic E-state index is 11.7. The van der Waals surface area contributed by atoms with Crippen LogP contribution in [-0.2, 0) is 4.79 Å². The molecule has 0 unspecified atom stereocenters. The normalized spacial score (nSPS) is 9.81. The molecule has 1 aromatic rings. The standard InChI is InChI=1S/C14H20N2O5/c1-20-10-6-7-12(21-2)11(9-10)16-14(19)15-8-4-3-5-13(17)18/h6-7,9H,3-5,8H2,1-2H3,(H,17,18)(H2,15,16,19). The summed E-state index contributed by atoms with van der Waals surface area (Å²) in [5, 5.41) is 13.8. The van der Waals surface area contributed by atoms with Gasteiger partial charge in [-0.2, -0.15) is 0 Å². The zero-order chi connectivity index (χ0) is 15.7. The van der Waals surface area contributed by atoms with E-state index in [1.807, 2.05) is 0 Å². The lowest BCUT2D eigenvalue weighted by atomic mass is 10.2. The van der Waals surface area contributed by atoms with Crippen LogP contribution in [0.3, 0.4) is 0 Å². The summed E-state index contributed by atoms with van der Waals surface area (Å²) >= 11 is 0. The summed E-state index contributed by atoms with van der Waals surface area (Å²) in [5.74, 6) is 0.296. The van der Waals surface area contributed by atoms with E-state index in [2.05, 4.69) is 10.6 Å². The Kier molecular flexibility index (Phi) is 6.86. The minimum atomic E-state index is -0.833. The van der Waals surface area contributed by atoms with Gasteiger partial charge in [-0.25, -0.2) is 4.79 Å². The summed E-state index contributed by atoms with van der Waals surface area (Å²) in [5.41, 5.74) is 0.500. The molecule has 0 saturated carbocycles. The van der Waals surface area contributed by atoms with Gasteiger partial charge in [0, 0.05) is 19.0 Å². The van der Waals surface area contributed by atoms with E-state index in [0.29, 0.717) is 36.6 Å². The number of unbranched alkanes of at least 4 members (excludes halogenated alkanes) is 1. The van der Waals surface area contributed by atoms with E-state index < -0.39 is 5.97 Å². The second-order valence-electron chi connectivity index (χ2n) is 4.30. The quantitative estimate of drug-likeness (QED) is 0.638. The second-order valence-corrected chi connectivity index (χ2v) is 4.30. The number of hydrogen-bond acceptors (Lipinski definition) is 4. The van der Waals surface area contributed by atoms with Gasteiger partial charge >= 0.3 is 12.0 Å². The van der Waals surface area contributed by atoms with Gasteiger partial charge in [0.05, 0.1) is 19.9 Å². The van der Waals surface area contributed by atoms with Crippen LogP contribution in [0.1, 0.15) is 19.3 Å². The minimum absolute atomic E-state index is 0.104. The van der Waals surface area contributed by atoms with E-state index in [0.717, 1.165) is 0 Å². The number of methoxy groups -OCH3 is 2. The number of ether oxygens (including phenoxy) is 2. The molecular formula is C14H20N2O5. The summed E-state index contributed by atoms with van der Waals surface area (Å²) in [7, 11) is 3.05. The molecule has 0 radical (unpaired) electrons. The number of aliphatic carboxylic acids is 1. The van der Waals surface area contributed by atoms with E-state index >= 15 is 0 Å². The van der Waals surface area contributed by atoms with Crippen molar-refractivity contribution in [1.82, 2.24) is 5.32 Å². The number of amides is 2. The summed E-state index contributed by atoms with van der Waals surface area (Å²) in [4.78, 5) is 22.1. The van der Waals surface area contributed by atoms with Crippen LogP contribution in [0.2, 0.25) is 0 Å². The average Bonchev–Trinajstić information content (AvgIpc) is 2.46. The van der Waals surface area contributed by atoms with Gasteiger partial charge in [0.2, 0.25) is 0 Å². The molecule has 0 spiro atoms. The number of hydrogen-bond donors (Lipinski definition) is 3. The summed E-state index contributed by atoms with van der Waals surface area (Å²) in [6.45, 7) is 0.408. The molecule has 0 aliphatic heterocycles. The molecule has 0 bridgehead atoms. The molecular weight excluding hydrogens is 276 g/mol. The number of carbonyl (C=O) groups excluding carboxylic acids is 1. The molecule has 0 atom stereocenters. The lowest BCUT2D eigenvalue weighted by Crippen LogP contribution is -2.29. The molecule has 1 aromatic carbocycles. The van der Waals surface area contributed by atoms with Gasteiger partial charge in [0.25, 0.3) is 0 Å². The van der Waals surface area contributed by atoms with Crippen molar-refractivity contribution >= 4 is 17.7 Å². The third kappa shape index (κ3) is 6.03. The Labute approximate surface area is 123 Å². The van der Waals surface area contributed by atoms with E-state index in [9.17, 15) is 9.59 Å². The van der Waals surface area contributed by atoms with Crippen LogP contribution in [0.15, 0.2) is 18.2 Å². The highest BCUT2D eigenvalue weighted by Gasteiger charge is 2.08. The van der Waals surface area contributed by atoms with E-state index in [-0.39, 0.29) is 12.5 Å². The second kappa shape index (κ2) is 8.68. The number of nitrogens with one attached hydrogen (secondary N) is 2. The van der Waals surface area contributed by atoms with Crippen LogP contribution in [0, 0.1) is 0 Å². The monoisotopic (exact) mass is 296 g/mol. The number of rotatable bonds is 8. The summed E-state index contributed by atoms with van der Waals surface area (Å²) in [6, 6.07) is 4.70. The number of carbonyl (C=O) groups is 2. The SMILES string of the molecule is COc1ccc(OC)c(NC(=O)NCCCCC(=O)O)c1. The van der Waals surface area contributed by atoms with Crippen molar-refractivity contribution in [2.24, 2.45) is 0 Å². The van der Waals surface area contributed by atoms with Crippen LogP contribution in [0.25, 0.3) is 0 Å². The highest BCUT2D eigenvalue weighted by Crippen LogP contribution is 2.28. The fourth-order valence-corrected chi connectivity index (χ4v) is 1.68. The minimum Gasteiger partial charge on any atom is -0.497 e. The van der Waals surface area contributed by atoms with Gasteiger partial charge in [-0.1, -0.05) is 0 Å². The predicted octanol–water partition coefficient (Wildman–Crippen LogP) is 2.08. The lowest BCUT2D eigenvalue weighted by molar-refractivity contribution is -0.137. The largest absolute Gasteiger partial charge is 0.497 e. The Hall–Kier alpha value is -2.44. The van der Waals surface area contributed by atoms with Gasteiger partial charge in [0.15, 0.2) is 0 Å². The van der Waals surface area contributed by atoms with Gasteiger partial charge < -0.3 is 25.2 Å². The van der Waals surface area contributed by atoms with Crippen molar-refractivity contribution in [3.05, 3.63) is 18.2 Å². The van der Waals surface area contributed by atoms with Gasteiger partial charge in [-0.05, 0) is 25.0 Å². The molecule has 7 heteroatoms. The molecule has 0 fully saturated rings. The van der Waals surface area contributed by atoms with Crippen molar-refractivity contribution in [3.8, 4) is 11.5 Å². The Morgan fingerprint density at radius 2 is 1.95 bits per heavy atom. The summed E-state index contributed by atoms with van der Waals surface area (Å²) < 4.78 is 10.2. The lowest BCUT2D eigenvalue weighted by Gasteiger charge is -2.12. The number of anilines is 1. The van der Waals surface area contributed by atoms with Crippen molar-refractivity contribution in [3.63, 3.8) is 0 Å². The van der Waals surface area contributed by atoms with Gasteiger partial charge in [0.1, 0.15) is 11.5 Å².